The number of rotatable bonds is 3. The Kier molecular flexibility index (Phi) is 3.90. The first-order valence-electron chi connectivity index (χ1n) is 6.67. The summed E-state index contributed by atoms with van der Waals surface area (Å²) >= 11 is 0. The number of carbonyl (C=O) groups is 2. The molecule has 0 aromatic carbocycles. The Balaban J connectivity index is 2.08. The van der Waals surface area contributed by atoms with Gasteiger partial charge < -0.3 is 14.7 Å². The van der Waals surface area contributed by atoms with Crippen LogP contribution in [0.4, 0.5) is 0 Å². The van der Waals surface area contributed by atoms with E-state index in [2.05, 4.69) is 0 Å². The fourth-order valence-corrected chi connectivity index (χ4v) is 3.03. The van der Waals surface area contributed by atoms with E-state index in [9.17, 15) is 9.59 Å². The third-order valence-corrected chi connectivity index (χ3v) is 3.93. The molecule has 2 aliphatic rings. The second-order valence-electron chi connectivity index (χ2n) is 5.50. The number of carbonyl (C=O) groups excluding carboxylic acids is 1. The van der Waals surface area contributed by atoms with E-state index in [1.165, 1.54) is 4.90 Å². The predicted molar refractivity (Wildman–Crippen MR) is 65.1 cm³/mol. The van der Waals surface area contributed by atoms with Crippen LogP contribution in [-0.2, 0) is 14.3 Å². The maximum Gasteiger partial charge on any atom is 0.326 e. The third kappa shape index (κ3) is 2.36. The molecule has 5 heteroatoms. The van der Waals surface area contributed by atoms with Crippen LogP contribution >= 0.6 is 0 Å². The zero-order valence-corrected chi connectivity index (χ0v) is 11.0. The van der Waals surface area contributed by atoms with Crippen LogP contribution in [0.1, 0.15) is 33.1 Å². The number of hydrogen-bond donors (Lipinski definition) is 1. The number of likely N-dealkylation sites (tertiary alicyclic amines) is 1. The molecule has 18 heavy (non-hydrogen) atoms. The molecule has 0 aromatic rings. The Morgan fingerprint density at radius 1 is 1.33 bits per heavy atom. The molecule has 1 amide bonds. The number of ether oxygens (including phenoxy) is 1. The van der Waals surface area contributed by atoms with E-state index < -0.39 is 12.0 Å². The van der Waals surface area contributed by atoms with Gasteiger partial charge in [0.05, 0.1) is 12.0 Å². The van der Waals surface area contributed by atoms with E-state index in [1.807, 2.05) is 13.8 Å². The monoisotopic (exact) mass is 255 g/mol. The molecule has 3 atom stereocenters. The van der Waals surface area contributed by atoms with Crippen LogP contribution in [0.2, 0.25) is 0 Å². The Labute approximate surface area is 107 Å². The maximum absolute atomic E-state index is 12.5. The summed E-state index contributed by atoms with van der Waals surface area (Å²) in [6.07, 6.45) is 2.00. The molecule has 0 saturated carbocycles. The molecule has 2 fully saturated rings. The number of amides is 1. The molecule has 0 spiro atoms. The first kappa shape index (κ1) is 13.3. The van der Waals surface area contributed by atoms with Crippen molar-refractivity contribution in [2.24, 2.45) is 11.8 Å². The van der Waals surface area contributed by atoms with E-state index >= 15 is 0 Å². The van der Waals surface area contributed by atoms with Crippen LogP contribution in [0.25, 0.3) is 0 Å². The molecule has 0 radical (unpaired) electrons. The quantitative estimate of drug-likeness (QED) is 0.820. The number of carboxylic acids is 1. The first-order chi connectivity index (χ1) is 8.52. The molecule has 1 N–H and O–H groups in total. The first-order valence-corrected chi connectivity index (χ1v) is 6.67. The second kappa shape index (κ2) is 5.26. The van der Waals surface area contributed by atoms with Gasteiger partial charge in [0.2, 0.25) is 5.91 Å². The minimum atomic E-state index is -0.888. The summed E-state index contributed by atoms with van der Waals surface area (Å²) in [6, 6.07) is -0.633. The summed E-state index contributed by atoms with van der Waals surface area (Å²) in [7, 11) is 0. The highest BCUT2D eigenvalue weighted by atomic mass is 16.5. The average molecular weight is 255 g/mol. The summed E-state index contributed by atoms with van der Waals surface area (Å²) in [4.78, 5) is 25.1. The lowest BCUT2D eigenvalue weighted by atomic mass is 9.91. The smallest absolute Gasteiger partial charge is 0.326 e. The lowest BCUT2D eigenvalue weighted by molar-refractivity contribution is -0.151. The number of carboxylic acid groups (broad SMARTS) is 1. The Morgan fingerprint density at radius 3 is 2.67 bits per heavy atom. The fourth-order valence-electron chi connectivity index (χ4n) is 3.03. The summed E-state index contributed by atoms with van der Waals surface area (Å²) < 4.78 is 5.61. The highest BCUT2D eigenvalue weighted by Crippen LogP contribution is 2.31. The molecule has 2 saturated heterocycles. The highest BCUT2D eigenvalue weighted by molar-refractivity contribution is 5.86. The highest BCUT2D eigenvalue weighted by Gasteiger charge is 2.42. The van der Waals surface area contributed by atoms with Crippen molar-refractivity contribution in [3.8, 4) is 0 Å². The minimum absolute atomic E-state index is 0.0314. The van der Waals surface area contributed by atoms with Crippen LogP contribution in [0.3, 0.4) is 0 Å². The predicted octanol–water partition coefficient (Wildman–Crippen LogP) is 1.12. The van der Waals surface area contributed by atoms with Gasteiger partial charge in [0.15, 0.2) is 0 Å². The summed E-state index contributed by atoms with van der Waals surface area (Å²) in [5.41, 5.74) is 0. The third-order valence-electron chi connectivity index (χ3n) is 3.93. The molecule has 0 bridgehead atoms. The molecule has 2 aliphatic heterocycles. The second-order valence-corrected chi connectivity index (χ2v) is 5.50. The number of aliphatic carboxylic acids is 1. The standard InChI is InChI=1S/C13H21NO4/c1-8(2)11-9(5-7-18-11)12(15)14-6-3-4-10(14)13(16)17/h8-11H,3-7H2,1-2H3,(H,16,17). The van der Waals surface area contributed by atoms with Gasteiger partial charge in [-0.15, -0.1) is 0 Å². The fraction of sp³-hybridized carbons (Fsp3) is 0.846. The van der Waals surface area contributed by atoms with Crippen molar-refractivity contribution in [2.75, 3.05) is 13.2 Å². The van der Waals surface area contributed by atoms with E-state index in [1.54, 1.807) is 0 Å². The SMILES string of the molecule is CC(C)C1OCCC1C(=O)N1CCCC1C(=O)O. The van der Waals surface area contributed by atoms with Gasteiger partial charge in [0.25, 0.3) is 0 Å². The molecule has 2 rings (SSSR count). The maximum atomic E-state index is 12.5. The molecular weight excluding hydrogens is 234 g/mol. The zero-order valence-electron chi connectivity index (χ0n) is 11.0. The van der Waals surface area contributed by atoms with Crippen molar-refractivity contribution < 1.29 is 19.4 Å². The zero-order chi connectivity index (χ0) is 13.3. The van der Waals surface area contributed by atoms with Crippen molar-refractivity contribution in [1.29, 1.82) is 0 Å². The molecule has 0 aliphatic carbocycles. The van der Waals surface area contributed by atoms with Crippen LogP contribution in [0.5, 0.6) is 0 Å². The normalized spacial score (nSPS) is 32.2. The van der Waals surface area contributed by atoms with E-state index in [-0.39, 0.29) is 23.8 Å². The lowest BCUT2D eigenvalue weighted by Gasteiger charge is -2.28. The van der Waals surface area contributed by atoms with Crippen molar-refractivity contribution >= 4 is 11.9 Å². The van der Waals surface area contributed by atoms with Crippen LogP contribution in [0.15, 0.2) is 0 Å². The van der Waals surface area contributed by atoms with Crippen LogP contribution in [0, 0.1) is 11.8 Å². The van der Waals surface area contributed by atoms with Gasteiger partial charge in [-0.2, -0.15) is 0 Å². The minimum Gasteiger partial charge on any atom is -0.480 e. The van der Waals surface area contributed by atoms with Gasteiger partial charge in [-0.3, -0.25) is 4.79 Å². The number of hydrogen-bond acceptors (Lipinski definition) is 3. The number of nitrogens with zero attached hydrogens (tertiary/aromatic N) is 1. The van der Waals surface area contributed by atoms with Crippen molar-refractivity contribution in [3.05, 3.63) is 0 Å². The average Bonchev–Trinajstić information content (AvgIpc) is 2.97. The molecule has 0 aromatic heterocycles. The van der Waals surface area contributed by atoms with Crippen molar-refractivity contribution in [1.82, 2.24) is 4.90 Å². The summed E-state index contributed by atoms with van der Waals surface area (Å²) in [5, 5.41) is 9.13. The summed E-state index contributed by atoms with van der Waals surface area (Å²) in [6.45, 7) is 5.24. The Hall–Kier alpha value is -1.10. The van der Waals surface area contributed by atoms with Crippen molar-refractivity contribution in [2.45, 2.75) is 45.3 Å². The van der Waals surface area contributed by atoms with E-state index in [4.69, 9.17) is 9.84 Å². The molecule has 3 unspecified atom stereocenters. The van der Waals surface area contributed by atoms with Gasteiger partial charge in [-0.25, -0.2) is 4.79 Å². The summed E-state index contributed by atoms with van der Waals surface area (Å²) in [5.74, 6) is -0.797. The topological polar surface area (TPSA) is 66.8 Å². The lowest BCUT2D eigenvalue weighted by Crippen LogP contribution is -2.46. The Bertz CT molecular complexity index is 342. The van der Waals surface area contributed by atoms with Crippen LogP contribution in [-0.4, -0.2) is 47.2 Å². The van der Waals surface area contributed by atoms with Gasteiger partial charge in [-0.05, 0) is 25.2 Å². The van der Waals surface area contributed by atoms with E-state index in [0.717, 1.165) is 6.42 Å². The van der Waals surface area contributed by atoms with Gasteiger partial charge in [-0.1, -0.05) is 13.8 Å². The van der Waals surface area contributed by atoms with Crippen LogP contribution < -0.4 is 0 Å². The van der Waals surface area contributed by atoms with Crippen molar-refractivity contribution in [3.63, 3.8) is 0 Å². The molecule has 5 nitrogen and oxygen atoms in total. The van der Waals surface area contributed by atoms with Gasteiger partial charge >= 0.3 is 5.97 Å². The van der Waals surface area contributed by atoms with Gasteiger partial charge in [0, 0.05) is 13.2 Å². The molecular formula is C13H21NO4. The van der Waals surface area contributed by atoms with E-state index in [0.29, 0.717) is 26.0 Å². The molecule has 102 valence electrons. The largest absolute Gasteiger partial charge is 0.480 e. The molecule has 2 heterocycles. The Morgan fingerprint density at radius 2 is 2.06 bits per heavy atom. The van der Waals surface area contributed by atoms with Gasteiger partial charge in [0.1, 0.15) is 6.04 Å².